The molecule has 1 aliphatic carbocycles. The van der Waals surface area contributed by atoms with Gasteiger partial charge in [-0.05, 0) is 52.9 Å². The van der Waals surface area contributed by atoms with Crippen molar-refractivity contribution in [2.24, 2.45) is 11.8 Å². The maximum Gasteiger partial charge on any atom is 0.223 e. The highest BCUT2D eigenvalue weighted by Gasteiger charge is 2.30. The van der Waals surface area contributed by atoms with Gasteiger partial charge >= 0.3 is 0 Å². The molecule has 1 saturated carbocycles. The summed E-state index contributed by atoms with van der Waals surface area (Å²) in [7, 11) is 1.66. The molecule has 0 atom stereocenters. The summed E-state index contributed by atoms with van der Waals surface area (Å²) in [4.78, 5) is 24.1. The van der Waals surface area contributed by atoms with Crippen LogP contribution >= 0.6 is 0 Å². The second kappa shape index (κ2) is 8.37. The van der Waals surface area contributed by atoms with Gasteiger partial charge in [-0.3, -0.25) is 9.59 Å². The van der Waals surface area contributed by atoms with Gasteiger partial charge in [-0.2, -0.15) is 0 Å². The normalized spacial score (nSPS) is 22.7. The van der Waals surface area contributed by atoms with E-state index in [0.29, 0.717) is 13.2 Å². The number of methoxy groups -OCH3 is 1. The fourth-order valence-electron chi connectivity index (χ4n) is 2.66. The molecule has 21 heavy (non-hydrogen) atoms. The van der Waals surface area contributed by atoms with Crippen LogP contribution in [0.3, 0.4) is 0 Å². The zero-order valence-corrected chi connectivity index (χ0v) is 13.8. The maximum atomic E-state index is 12.1. The van der Waals surface area contributed by atoms with Gasteiger partial charge < -0.3 is 15.4 Å². The van der Waals surface area contributed by atoms with Crippen LogP contribution in [0, 0.1) is 11.8 Å². The number of nitrogens with one attached hydrogen (secondary N) is 2. The van der Waals surface area contributed by atoms with Crippen molar-refractivity contribution in [1.29, 1.82) is 0 Å². The molecule has 0 bridgehead atoms. The van der Waals surface area contributed by atoms with Crippen molar-refractivity contribution in [2.45, 2.75) is 58.4 Å². The SMILES string of the molecule is COCCCNC(=O)C1CCC(C(=O)NC(C)(C)C)CC1. The average molecular weight is 298 g/mol. The molecule has 0 aromatic heterocycles. The fraction of sp³-hybridized carbons (Fsp3) is 0.875. The first-order valence-corrected chi connectivity index (χ1v) is 7.92. The second-order valence-corrected chi connectivity index (χ2v) is 6.93. The topological polar surface area (TPSA) is 67.4 Å². The Morgan fingerprint density at radius 2 is 1.57 bits per heavy atom. The van der Waals surface area contributed by atoms with Crippen molar-refractivity contribution in [2.75, 3.05) is 20.3 Å². The van der Waals surface area contributed by atoms with Crippen molar-refractivity contribution >= 4 is 11.8 Å². The Balaban J connectivity index is 2.28. The van der Waals surface area contributed by atoms with Gasteiger partial charge in [0.1, 0.15) is 0 Å². The largest absolute Gasteiger partial charge is 0.385 e. The van der Waals surface area contributed by atoms with Crippen molar-refractivity contribution in [3.8, 4) is 0 Å². The molecule has 0 saturated heterocycles. The van der Waals surface area contributed by atoms with E-state index in [9.17, 15) is 9.59 Å². The second-order valence-electron chi connectivity index (χ2n) is 6.93. The first kappa shape index (κ1) is 18.0. The Labute approximate surface area is 128 Å². The Morgan fingerprint density at radius 3 is 2.05 bits per heavy atom. The van der Waals surface area contributed by atoms with Crippen LogP contribution < -0.4 is 10.6 Å². The summed E-state index contributed by atoms with van der Waals surface area (Å²) in [5, 5.41) is 5.98. The van der Waals surface area contributed by atoms with Gasteiger partial charge in [0.05, 0.1) is 0 Å². The lowest BCUT2D eigenvalue weighted by atomic mass is 9.81. The van der Waals surface area contributed by atoms with Crippen LogP contribution in [0.1, 0.15) is 52.9 Å². The predicted octanol–water partition coefficient (Wildman–Crippen LogP) is 1.86. The van der Waals surface area contributed by atoms with Gasteiger partial charge in [0.25, 0.3) is 0 Å². The molecular formula is C16H30N2O3. The molecule has 2 amide bonds. The molecule has 0 radical (unpaired) electrons. The fourth-order valence-corrected chi connectivity index (χ4v) is 2.66. The number of amides is 2. The summed E-state index contributed by atoms with van der Waals surface area (Å²) < 4.78 is 4.95. The third kappa shape index (κ3) is 6.93. The Kier molecular flexibility index (Phi) is 7.15. The van der Waals surface area contributed by atoms with E-state index in [1.165, 1.54) is 0 Å². The summed E-state index contributed by atoms with van der Waals surface area (Å²) in [6.45, 7) is 7.30. The molecule has 0 unspecified atom stereocenters. The highest BCUT2D eigenvalue weighted by molar-refractivity contribution is 5.81. The zero-order chi connectivity index (χ0) is 15.9. The monoisotopic (exact) mass is 298 g/mol. The standard InChI is InChI=1S/C16H30N2O3/c1-16(2,3)18-15(20)13-8-6-12(7-9-13)14(19)17-10-5-11-21-4/h12-13H,5-11H2,1-4H3,(H,17,19)(H,18,20). The molecule has 5 nitrogen and oxygen atoms in total. The minimum Gasteiger partial charge on any atom is -0.385 e. The summed E-state index contributed by atoms with van der Waals surface area (Å²) in [6.07, 6.45) is 4.05. The van der Waals surface area contributed by atoms with E-state index in [1.54, 1.807) is 7.11 Å². The zero-order valence-electron chi connectivity index (χ0n) is 13.8. The van der Waals surface area contributed by atoms with Crippen LogP contribution in [0.4, 0.5) is 0 Å². The van der Waals surface area contributed by atoms with Crippen LogP contribution in [0.25, 0.3) is 0 Å². The first-order valence-electron chi connectivity index (χ1n) is 7.92. The number of hydrogen-bond donors (Lipinski definition) is 2. The van der Waals surface area contributed by atoms with Gasteiger partial charge in [-0.25, -0.2) is 0 Å². The quantitative estimate of drug-likeness (QED) is 0.736. The lowest BCUT2D eigenvalue weighted by molar-refractivity contribution is -0.131. The van der Waals surface area contributed by atoms with Gasteiger partial charge in [-0.15, -0.1) is 0 Å². The molecule has 1 aliphatic rings. The molecule has 1 rings (SSSR count). The Bertz CT molecular complexity index is 342. The molecule has 0 aromatic rings. The molecule has 1 fully saturated rings. The summed E-state index contributed by atoms with van der Waals surface area (Å²) in [5.74, 6) is 0.371. The minimum absolute atomic E-state index is 0.0572. The van der Waals surface area contributed by atoms with E-state index >= 15 is 0 Å². The van der Waals surface area contributed by atoms with E-state index < -0.39 is 0 Å². The molecular weight excluding hydrogens is 268 g/mol. The lowest BCUT2D eigenvalue weighted by Gasteiger charge is -2.30. The third-order valence-electron chi connectivity index (χ3n) is 3.79. The molecule has 2 N–H and O–H groups in total. The number of rotatable bonds is 6. The number of ether oxygens (including phenoxy) is 1. The highest BCUT2D eigenvalue weighted by atomic mass is 16.5. The smallest absolute Gasteiger partial charge is 0.223 e. The summed E-state index contributed by atoms with van der Waals surface area (Å²) >= 11 is 0. The van der Waals surface area contributed by atoms with E-state index in [4.69, 9.17) is 4.74 Å². The van der Waals surface area contributed by atoms with Crippen LogP contribution in [0.5, 0.6) is 0 Å². The van der Waals surface area contributed by atoms with Crippen LogP contribution in [-0.2, 0) is 14.3 Å². The maximum absolute atomic E-state index is 12.1. The predicted molar refractivity (Wildman–Crippen MR) is 82.8 cm³/mol. The van der Waals surface area contributed by atoms with Crippen molar-refractivity contribution < 1.29 is 14.3 Å². The number of carbonyl (C=O) groups excluding carboxylic acids is 2. The van der Waals surface area contributed by atoms with Gasteiger partial charge in [-0.1, -0.05) is 0 Å². The van der Waals surface area contributed by atoms with Gasteiger partial charge in [0.15, 0.2) is 0 Å². The average Bonchev–Trinajstić information content (AvgIpc) is 2.41. The van der Waals surface area contributed by atoms with E-state index in [-0.39, 0.29) is 29.2 Å². The van der Waals surface area contributed by atoms with Crippen LogP contribution in [0.2, 0.25) is 0 Å². The number of hydrogen-bond acceptors (Lipinski definition) is 3. The van der Waals surface area contributed by atoms with Crippen LogP contribution in [0.15, 0.2) is 0 Å². The Morgan fingerprint density at radius 1 is 1.05 bits per heavy atom. The van der Waals surface area contributed by atoms with Crippen molar-refractivity contribution in [3.05, 3.63) is 0 Å². The van der Waals surface area contributed by atoms with Gasteiger partial charge in [0, 0.05) is 37.6 Å². The molecule has 0 spiro atoms. The third-order valence-corrected chi connectivity index (χ3v) is 3.79. The lowest BCUT2D eigenvalue weighted by Crippen LogP contribution is -2.45. The highest BCUT2D eigenvalue weighted by Crippen LogP contribution is 2.29. The molecule has 0 aromatic carbocycles. The van der Waals surface area contributed by atoms with E-state index in [0.717, 1.165) is 32.1 Å². The summed E-state index contributed by atoms with van der Waals surface area (Å²) in [6, 6.07) is 0. The molecule has 0 heterocycles. The van der Waals surface area contributed by atoms with Crippen LogP contribution in [-0.4, -0.2) is 37.6 Å². The van der Waals surface area contributed by atoms with Crippen molar-refractivity contribution in [3.63, 3.8) is 0 Å². The first-order chi connectivity index (χ1) is 9.83. The van der Waals surface area contributed by atoms with E-state index in [1.807, 2.05) is 20.8 Å². The molecule has 122 valence electrons. The molecule has 5 heteroatoms. The van der Waals surface area contributed by atoms with Crippen molar-refractivity contribution in [1.82, 2.24) is 10.6 Å². The van der Waals surface area contributed by atoms with E-state index in [2.05, 4.69) is 10.6 Å². The minimum atomic E-state index is -0.188. The van der Waals surface area contributed by atoms with Gasteiger partial charge in [0.2, 0.25) is 11.8 Å². The Hall–Kier alpha value is -1.10. The number of carbonyl (C=O) groups is 2. The molecule has 0 aliphatic heterocycles. The summed E-state index contributed by atoms with van der Waals surface area (Å²) in [5.41, 5.74) is -0.188.